The summed E-state index contributed by atoms with van der Waals surface area (Å²) in [4.78, 5) is 0. The SMILES string of the molecule is Cc1ccc(C(F)(F)F)c(Cl)c1-c1cccc(N)c1. The maximum Gasteiger partial charge on any atom is 0.417 e. The average molecular weight is 286 g/mol. The summed E-state index contributed by atoms with van der Waals surface area (Å²) in [6.45, 7) is 1.71. The van der Waals surface area contributed by atoms with Crippen molar-refractivity contribution >= 4 is 17.3 Å². The van der Waals surface area contributed by atoms with Crippen LogP contribution in [0.3, 0.4) is 0 Å². The quantitative estimate of drug-likeness (QED) is 0.740. The second kappa shape index (κ2) is 4.78. The number of hydrogen-bond donors (Lipinski definition) is 1. The molecular formula is C14H11ClF3N. The van der Waals surface area contributed by atoms with Gasteiger partial charge in [0.2, 0.25) is 0 Å². The number of rotatable bonds is 1. The standard InChI is InChI=1S/C14H11ClF3N/c1-8-5-6-11(14(16,17)18)13(15)12(8)9-3-2-4-10(19)7-9/h2-7H,19H2,1H3. The minimum atomic E-state index is -4.47. The van der Waals surface area contributed by atoms with Gasteiger partial charge in [-0.15, -0.1) is 0 Å². The summed E-state index contributed by atoms with van der Waals surface area (Å²) in [7, 11) is 0. The largest absolute Gasteiger partial charge is 0.417 e. The highest BCUT2D eigenvalue weighted by Gasteiger charge is 2.34. The fraction of sp³-hybridized carbons (Fsp3) is 0.143. The Labute approximate surface area is 113 Å². The molecule has 19 heavy (non-hydrogen) atoms. The first-order valence-corrected chi connectivity index (χ1v) is 5.90. The van der Waals surface area contributed by atoms with Crippen LogP contribution >= 0.6 is 11.6 Å². The summed E-state index contributed by atoms with van der Waals surface area (Å²) >= 11 is 5.92. The molecule has 0 aliphatic heterocycles. The van der Waals surface area contributed by atoms with Crippen LogP contribution in [0.4, 0.5) is 18.9 Å². The fourth-order valence-electron chi connectivity index (χ4n) is 1.94. The number of nitrogens with two attached hydrogens (primary N) is 1. The van der Waals surface area contributed by atoms with Gasteiger partial charge in [0.05, 0.1) is 10.6 Å². The molecule has 1 nitrogen and oxygen atoms in total. The lowest BCUT2D eigenvalue weighted by Gasteiger charge is -2.15. The van der Waals surface area contributed by atoms with Gasteiger partial charge in [0, 0.05) is 11.3 Å². The van der Waals surface area contributed by atoms with Gasteiger partial charge in [-0.1, -0.05) is 29.8 Å². The first-order chi connectivity index (χ1) is 8.80. The van der Waals surface area contributed by atoms with Crippen molar-refractivity contribution in [3.8, 4) is 11.1 Å². The van der Waals surface area contributed by atoms with Crippen molar-refractivity contribution in [3.05, 3.63) is 52.5 Å². The lowest BCUT2D eigenvalue weighted by Crippen LogP contribution is -2.07. The molecule has 2 aromatic carbocycles. The van der Waals surface area contributed by atoms with E-state index >= 15 is 0 Å². The number of aryl methyl sites for hydroxylation is 1. The summed E-state index contributed by atoms with van der Waals surface area (Å²) in [5.41, 5.74) is 6.91. The predicted molar refractivity (Wildman–Crippen MR) is 71.0 cm³/mol. The Balaban J connectivity index is 2.70. The highest BCUT2D eigenvalue weighted by Crippen LogP contribution is 2.41. The van der Waals surface area contributed by atoms with Crippen molar-refractivity contribution in [2.45, 2.75) is 13.1 Å². The van der Waals surface area contributed by atoms with Crippen LogP contribution in [0.2, 0.25) is 5.02 Å². The van der Waals surface area contributed by atoms with Crippen LogP contribution in [-0.2, 0) is 6.18 Å². The molecule has 0 saturated carbocycles. The van der Waals surface area contributed by atoms with Gasteiger partial charge in [0.15, 0.2) is 0 Å². The second-order valence-corrected chi connectivity index (χ2v) is 4.62. The number of hydrogen-bond acceptors (Lipinski definition) is 1. The van der Waals surface area contributed by atoms with E-state index in [1.54, 1.807) is 31.2 Å². The summed E-state index contributed by atoms with van der Waals surface area (Å²) in [6, 6.07) is 9.04. The van der Waals surface area contributed by atoms with E-state index in [2.05, 4.69) is 0 Å². The molecule has 0 saturated heterocycles. The van der Waals surface area contributed by atoms with Gasteiger partial charge in [-0.3, -0.25) is 0 Å². The smallest absolute Gasteiger partial charge is 0.399 e. The van der Waals surface area contributed by atoms with Gasteiger partial charge in [-0.05, 0) is 36.2 Å². The third-order valence-corrected chi connectivity index (χ3v) is 3.22. The van der Waals surface area contributed by atoms with Crippen LogP contribution in [0.15, 0.2) is 36.4 Å². The van der Waals surface area contributed by atoms with Gasteiger partial charge < -0.3 is 5.73 Å². The van der Waals surface area contributed by atoms with Gasteiger partial charge in [0.1, 0.15) is 0 Å². The molecule has 100 valence electrons. The number of alkyl halides is 3. The highest BCUT2D eigenvalue weighted by atomic mass is 35.5. The first-order valence-electron chi connectivity index (χ1n) is 5.53. The maximum absolute atomic E-state index is 12.8. The second-order valence-electron chi connectivity index (χ2n) is 4.24. The number of nitrogen functional groups attached to an aromatic ring is 1. The molecule has 2 rings (SSSR count). The Morgan fingerprint density at radius 3 is 2.37 bits per heavy atom. The van der Waals surface area contributed by atoms with Crippen LogP contribution in [0, 0.1) is 6.92 Å². The summed E-state index contributed by atoms with van der Waals surface area (Å²) < 4.78 is 38.5. The monoisotopic (exact) mass is 285 g/mol. The minimum Gasteiger partial charge on any atom is -0.399 e. The number of benzene rings is 2. The normalized spacial score (nSPS) is 11.6. The highest BCUT2D eigenvalue weighted by molar-refractivity contribution is 6.34. The molecule has 0 aromatic heterocycles. The molecule has 2 aromatic rings. The van der Waals surface area contributed by atoms with E-state index in [0.717, 1.165) is 6.07 Å². The van der Waals surface area contributed by atoms with Crippen molar-refractivity contribution in [3.63, 3.8) is 0 Å². The number of halogens is 4. The molecule has 0 aliphatic carbocycles. The molecule has 0 heterocycles. The van der Waals surface area contributed by atoms with Crippen molar-refractivity contribution in [2.75, 3.05) is 5.73 Å². The molecule has 0 spiro atoms. The van der Waals surface area contributed by atoms with E-state index in [4.69, 9.17) is 17.3 Å². The van der Waals surface area contributed by atoms with Crippen LogP contribution in [-0.4, -0.2) is 0 Å². The van der Waals surface area contributed by atoms with E-state index in [9.17, 15) is 13.2 Å². The van der Waals surface area contributed by atoms with E-state index in [0.29, 0.717) is 22.4 Å². The number of anilines is 1. The zero-order chi connectivity index (χ0) is 14.2. The third kappa shape index (κ3) is 2.68. The minimum absolute atomic E-state index is 0.293. The van der Waals surface area contributed by atoms with E-state index in [-0.39, 0.29) is 5.02 Å². The zero-order valence-corrected chi connectivity index (χ0v) is 10.8. The zero-order valence-electron chi connectivity index (χ0n) is 10.1. The van der Waals surface area contributed by atoms with Crippen molar-refractivity contribution in [1.82, 2.24) is 0 Å². The average Bonchev–Trinajstić information content (AvgIpc) is 2.27. The summed E-state index contributed by atoms with van der Waals surface area (Å²) in [5, 5.41) is -0.293. The molecule has 0 bridgehead atoms. The van der Waals surface area contributed by atoms with E-state index in [1.807, 2.05) is 0 Å². The Kier molecular flexibility index (Phi) is 3.45. The predicted octanol–water partition coefficient (Wildman–Crippen LogP) is 4.92. The lowest BCUT2D eigenvalue weighted by atomic mass is 9.97. The van der Waals surface area contributed by atoms with Gasteiger partial charge >= 0.3 is 6.18 Å². The lowest BCUT2D eigenvalue weighted by molar-refractivity contribution is -0.137. The summed E-state index contributed by atoms with van der Waals surface area (Å²) in [6.07, 6.45) is -4.47. The summed E-state index contributed by atoms with van der Waals surface area (Å²) in [5.74, 6) is 0. The Bertz CT molecular complexity index is 621. The van der Waals surface area contributed by atoms with Crippen LogP contribution < -0.4 is 5.73 Å². The Morgan fingerprint density at radius 2 is 1.79 bits per heavy atom. The molecule has 0 unspecified atom stereocenters. The van der Waals surface area contributed by atoms with Crippen molar-refractivity contribution in [1.29, 1.82) is 0 Å². The fourth-order valence-corrected chi connectivity index (χ4v) is 2.37. The van der Waals surface area contributed by atoms with Crippen LogP contribution in [0.5, 0.6) is 0 Å². The molecule has 2 N–H and O–H groups in total. The van der Waals surface area contributed by atoms with Gasteiger partial charge in [-0.2, -0.15) is 13.2 Å². The maximum atomic E-state index is 12.8. The topological polar surface area (TPSA) is 26.0 Å². The molecule has 0 amide bonds. The molecular weight excluding hydrogens is 275 g/mol. The molecule has 0 fully saturated rings. The van der Waals surface area contributed by atoms with Crippen LogP contribution in [0.1, 0.15) is 11.1 Å². The van der Waals surface area contributed by atoms with Gasteiger partial charge in [0.25, 0.3) is 0 Å². The van der Waals surface area contributed by atoms with Crippen LogP contribution in [0.25, 0.3) is 11.1 Å². The first kappa shape index (κ1) is 13.7. The molecule has 0 atom stereocenters. The third-order valence-electron chi connectivity index (χ3n) is 2.83. The van der Waals surface area contributed by atoms with E-state index in [1.165, 1.54) is 6.07 Å². The van der Waals surface area contributed by atoms with Gasteiger partial charge in [-0.25, -0.2) is 0 Å². The van der Waals surface area contributed by atoms with Crippen molar-refractivity contribution in [2.24, 2.45) is 0 Å². The molecule has 0 aliphatic rings. The van der Waals surface area contributed by atoms with E-state index < -0.39 is 11.7 Å². The van der Waals surface area contributed by atoms with Crippen molar-refractivity contribution < 1.29 is 13.2 Å². The molecule has 5 heteroatoms. The Hall–Kier alpha value is -1.68. The Morgan fingerprint density at radius 1 is 1.11 bits per heavy atom. The molecule has 0 radical (unpaired) electrons.